The van der Waals surface area contributed by atoms with E-state index in [2.05, 4.69) is 29.4 Å². The van der Waals surface area contributed by atoms with Crippen LogP contribution in [0.2, 0.25) is 0 Å². The minimum Gasteiger partial charge on any atom is -0.338 e. The maximum absolute atomic E-state index is 12.1. The Morgan fingerprint density at radius 2 is 1.59 bits per heavy atom. The van der Waals surface area contributed by atoms with Crippen LogP contribution in [0.25, 0.3) is 0 Å². The van der Waals surface area contributed by atoms with Crippen molar-refractivity contribution in [2.24, 2.45) is 5.92 Å². The number of amides is 2. The summed E-state index contributed by atoms with van der Waals surface area (Å²) >= 11 is 0. The quantitative estimate of drug-likeness (QED) is 0.834. The SMILES string of the molecule is CC(C)N1CCC(NC(=O)NCC2CCCCCCC2)CC1. The van der Waals surface area contributed by atoms with Crippen molar-refractivity contribution in [3.8, 4) is 0 Å². The molecule has 0 aromatic carbocycles. The standard InChI is InChI=1S/C18H35N3O/c1-15(2)21-12-10-17(11-13-21)20-18(22)19-14-16-8-6-4-3-5-7-9-16/h15-17H,3-14H2,1-2H3,(H2,19,20,22). The summed E-state index contributed by atoms with van der Waals surface area (Å²) in [5.41, 5.74) is 0. The van der Waals surface area contributed by atoms with Crippen LogP contribution in [0.4, 0.5) is 4.79 Å². The van der Waals surface area contributed by atoms with Crippen molar-refractivity contribution in [1.82, 2.24) is 15.5 Å². The Balaban J connectivity index is 1.61. The molecule has 0 unspecified atom stereocenters. The Hall–Kier alpha value is -0.770. The molecule has 2 fully saturated rings. The van der Waals surface area contributed by atoms with Crippen LogP contribution in [0.1, 0.15) is 71.6 Å². The fourth-order valence-corrected chi connectivity index (χ4v) is 3.78. The van der Waals surface area contributed by atoms with Gasteiger partial charge in [-0.25, -0.2) is 4.79 Å². The lowest BCUT2D eigenvalue weighted by Crippen LogP contribution is -2.49. The van der Waals surface area contributed by atoms with Crippen LogP contribution in [0.3, 0.4) is 0 Å². The second-order valence-electron chi connectivity index (χ2n) is 7.47. The molecule has 2 rings (SSSR count). The Bertz CT molecular complexity index is 316. The van der Waals surface area contributed by atoms with Gasteiger partial charge in [0.2, 0.25) is 0 Å². The van der Waals surface area contributed by atoms with E-state index in [1.54, 1.807) is 0 Å². The molecule has 1 heterocycles. The van der Waals surface area contributed by atoms with Crippen molar-refractivity contribution < 1.29 is 4.79 Å². The van der Waals surface area contributed by atoms with Crippen molar-refractivity contribution in [3.63, 3.8) is 0 Å². The van der Waals surface area contributed by atoms with Crippen molar-refractivity contribution in [2.75, 3.05) is 19.6 Å². The first-order valence-corrected chi connectivity index (χ1v) is 9.43. The molecule has 1 aliphatic carbocycles. The van der Waals surface area contributed by atoms with Gasteiger partial charge in [-0.1, -0.05) is 32.1 Å². The van der Waals surface area contributed by atoms with Gasteiger partial charge in [0.1, 0.15) is 0 Å². The number of carbonyl (C=O) groups is 1. The number of nitrogens with one attached hydrogen (secondary N) is 2. The average molecular weight is 309 g/mol. The highest BCUT2D eigenvalue weighted by Crippen LogP contribution is 2.21. The molecule has 4 nitrogen and oxygen atoms in total. The first kappa shape index (κ1) is 17.6. The summed E-state index contributed by atoms with van der Waals surface area (Å²) in [7, 11) is 0. The molecule has 2 amide bonds. The summed E-state index contributed by atoms with van der Waals surface area (Å²) < 4.78 is 0. The lowest BCUT2D eigenvalue weighted by molar-refractivity contribution is 0.161. The number of likely N-dealkylation sites (tertiary alicyclic amines) is 1. The minimum atomic E-state index is 0.0463. The highest BCUT2D eigenvalue weighted by molar-refractivity contribution is 5.74. The average Bonchev–Trinajstić information content (AvgIpc) is 2.46. The molecular weight excluding hydrogens is 274 g/mol. The van der Waals surface area contributed by atoms with Crippen molar-refractivity contribution >= 4 is 6.03 Å². The third-order valence-electron chi connectivity index (χ3n) is 5.37. The first-order chi connectivity index (χ1) is 10.6. The van der Waals surface area contributed by atoms with E-state index < -0.39 is 0 Å². The Labute approximate surface area is 136 Å². The van der Waals surface area contributed by atoms with E-state index in [1.165, 1.54) is 44.9 Å². The van der Waals surface area contributed by atoms with Gasteiger partial charge in [0.15, 0.2) is 0 Å². The van der Waals surface area contributed by atoms with Crippen molar-refractivity contribution in [3.05, 3.63) is 0 Å². The highest BCUT2D eigenvalue weighted by Gasteiger charge is 2.22. The van der Waals surface area contributed by atoms with Gasteiger partial charge in [0.25, 0.3) is 0 Å². The molecule has 1 saturated carbocycles. The molecular formula is C18H35N3O. The number of nitrogens with zero attached hydrogens (tertiary/aromatic N) is 1. The summed E-state index contributed by atoms with van der Waals surface area (Å²) in [6.45, 7) is 7.55. The van der Waals surface area contributed by atoms with Crippen LogP contribution >= 0.6 is 0 Å². The number of carbonyl (C=O) groups excluding carboxylic acids is 1. The Kier molecular flexibility index (Phi) is 7.50. The predicted octanol–water partition coefficient (Wildman–Crippen LogP) is 3.52. The number of urea groups is 1. The minimum absolute atomic E-state index is 0.0463. The maximum Gasteiger partial charge on any atom is 0.315 e. The van der Waals surface area contributed by atoms with Crippen LogP contribution in [-0.2, 0) is 0 Å². The number of hydrogen-bond acceptors (Lipinski definition) is 2. The van der Waals surface area contributed by atoms with E-state index in [0.717, 1.165) is 32.5 Å². The second kappa shape index (κ2) is 9.39. The number of hydrogen-bond donors (Lipinski definition) is 2. The van der Waals surface area contributed by atoms with E-state index >= 15 is 0 Å². The zero-order valence-corrected chi connectivity index (χ0v) is 14.6. The monoisotopic (exact) mass is 309 g/mol. The third kappa shape index (κ3) is 6.15. The van der Waals surface area contributed by atoms with E-state index in [-0.39, 0.29) is 6.03 Å². The zero-order chi connectivity index (χ0) is 15.8. The summed E-state index contributed by atoms with van der Waals surface area (Å²) in [6, 6.07) is 1.02. The Morgan fingerprint density at radius 3 is 2.18 bits per heavy atom. The summed E-state index contributed by atoms with van der Waals surface area (Å²) in [5, 5.41) is 6.29. The molecule has 22 heavy (non-hydrogen) atoms. The molecule has 0 bridgehead atoms. The molecule has 0 radical (unpaired) electrons. The highest BCUT2D eigenvalue weighted by atomic mass is 16.2. The van der Waals surface area contributed by atoms with E-state index in [9.17, 15) is 4.79 Å². The van der Waals surface area contributed by atoms with Gasteiger partial charge in [0.05, 0.1) is 0 Å². The van der Waals surface area contributed by atoms with Gasteiger partial charge in [-0.3, -0.25) is 0 Å². The molecule has 1 aliphatic heterocycles. The van der Waals surface area contributed by atoms with Gasteiger partial charge in [-0.2, -0.15) is 0 Å². The van der Waals surface area contributed by atoms with Gasteiger partial charge in [-0.15, -0.1) is 0 Å². The van der Waals surface area contributed by atoms with E-state index in [0.29, 0.717) is 18.0 Å². The molecule has 0 spiro atoms. The maximum atomic E-state index is 12.1. The van der Waals surface area contributed by atoms with Gasteiger partial charge in [-0.05, 0) is 45.4 Å². The molecule has 128 valence electrons. The smallest absolute Gasteiger partial charge is 0.315 e. The van der Waals surface area contributed by atoms with E-state index in [4.69, 9.17) is 0 Å². The second-order valence-corrected chi connectivity index (χ2v) is 7.47. The fourth-order valence-electron chi connectivity index (χ4n) is 3.78. The summed E-state index contributed by atoms with van der Waals surface area (Å²) in [6.07, 6.45) is 11.5. The topological polar surface area (TPSA) is 44.4 Å². The molecule has 2 N–H and O–H groups in total. The van der Waals surface area contributed by atoms with Crippen molar-refractivity contribution in [2.45, 2.75) is 83.7 Å². The largest absolute Gasteiger partial charge is 0.338 e. The van der Waals surface area contributed by atoms with Gasteiger partial charge < -0.3 is 15.5 Å². The lowest BCUT2D eigenvalue weighted by Gasteiger charge is -2.34. The predicted molar refractivity (Wildman–Crippen MR) is 92.1 cm³/mol. The number of rotatable bonds is 4. The zero-order valence-electron chi connectivity index (χ0n) is 14.6. The van der Waals surface area contributed by atoms with Gasteiger partial charge in [0, 0.05) is 31.7 Å². The molecule has 2 aliphatic rings. The fraction of sp³-hybridized carbons (Fsp3) is 0.944. The summed E-state index contributed by atoms with van der Waals surface area (Å²) in [5.74, 6) is 0.689. The molecule has 0 aromatic heterocycles. The van der Waals surface area contributed by atoms with E-state index in [1.807, 2.05) is 0 Å². The van der Waals surface area contributed by atoms with Crippen LogP contribution in [-0.4, -0.2) is 42.6 Å². The van der Waals surface area contributed by atoms with Crippen molar-refractivity contribution in [1.29, 1.82) is 0 Å². The number of piperidine rings is 1. The molecule has 0 atom stereocenters. The van der Waals surface area contributed by atoms with Crippen LogP contribution in [0.15, 0.2) is 0 Å². The van der Waals surface area contributed by atoms with Gasteiger partial charge >= 0.3 is 6.03 Å². The first-order valence-electron chi connectivity index (χ1n) is 9.43. The third-order valence-corrected chi connectivity index (χ3v) is 5.37. The summed E-state index contributed by atoms with van der Waals surface area (Å²) in [4.78, 5) is 14.6. The molecule has 1 saturated heterocycles. The van der Waals surface area contributed by atoms with Crippen LogP contribution in [0.5, 0.6) is 0 Å². The molecule has 4 heteroatoms. The van der Waals surface area contributed by atoms with Crippen LogP contribution < -0.4 is 10.6 Å². The van der Waals surface area contributed by atoms with Crippen LogP contribution in [0, 0.1) is 5.92 Å². The normalized spacial score (nSPS) is 23.0. The molecule has 0 aromatic rings. The Morgan fingerprint density at radius 1 is 1.00 bits per heavy atom. The lowest BCUT2D eigenvalue weighted by atomic mass is 9.91.